The average Bonchev–Trinajstić information content (AvgIpc) is 2.84. The van der Waals surface area contributed by atoms with Crippen LogP contribution in [-0.2, 0) is 13.6 Å². The van der Waals surface area contributed by atoms with E-state index in [0.717, 1.165) is 16.7 Å². The van der Waals surface area contributed by atoms with E-state index in [9.17, 15) is 9.59 Å². The summed E-state index contributed by atoms with van der Waals surface area (Å²) in [5, 5.41) is 10.1. The molecule has 4 aromatic rings. The Bertz CT molecular complexity index is 1360. The van der Waals surface area contributed by atoms with Crippen molar-refractivity contribution in [2.24, 2.45) is 7.05 Å². The highest BCUT2D eigenvalue weighted by Crippen LogP contribution is 2.30. The number of rotatable bonds is 7. The van der Waals surface area contributed by atoms with Crippen LogP contribution >= 0.6 is 0 Å². The molecule has 0 bridgehead atoms. The summed E-state index contributed by atoms with van der Waals surface area (Å²) in [5.74, 6) is 0.794. The lowest BCUT2D eigenvalue weighted by molar-refractivity contribution is 0.0951. The molecule has 7 heteroatoms. The van der Waals surface area contributed by atoms with Gasteiger partial charge in [-0.25, -0.2) is 4.68 Å². The van der Waals surface area contributed by atoms with Crippen LogP contribution in [0.3, 0.4) is 0 Å². The van der Waals surface area contributed by atoms with Crippen molar-refractivity contribution in [3.63, 3.8) is 0 Å². The minimum absolute atomic E-state index is 0.172. The number of nitrogens with zero attached hydrogens (tertiary/aromatic N) is 2. The smallest absolute Gasteiger partial charge is 0.294 e. The number of aromatic nitrogens is 2. The molecule has 0 atom stereocenters. The number of nitrogens with one attached hydrogen (secondary N) is 2. The number of hydrogen-bond donors (Lipinski definition) is 2. The highest BCUT2D eigenvalue weighted by molar-refractivity contribution is 5.94. The monoisotopic (exact) mass is 454 g/mol. The Kier molecular flexibility index (Phi) is 6.73. The summed E-state index contributed by atoms with van der Waals surface area (Å²) in [5.41, 5.74) is 4.21. The lowest BCUT2D eigenvalue weighted by atomic mass is 10.1. The normalized spacial score (nSPS) is 10.6. The Morgan fingerprint density at radius 2 is 1.71 bits per heavy atom. The summed E-state index contributed by atoms with van der Waals surface area (Å²) in [6.07, 6.45) is 1.51. The largest absolute Gasteiger partial charge is 0.453 e. The third kappa shape index (κ3) is 5.32. The van der Waals surface area contributed by atoms with Crippen LogP contribution in [0.2, 0.25) is 0 Å². The minimum atomic E-state index is -0.327. The second-order valence-corrected chi connectivity index (χ2v) is 8.05. The molecule has 0 aliphatic heterocycles. The molecule has 1 aromatic heterocycles. The van der Waals surface area contributed by atoms with Gasteiger partial charge in [-0.3, -0.25) is 9.59 Å². The van der Waals surface area contributed by atoms with E-state index in [0.29, 0.717) is 29.3 Å². The molecule has 0 aliphatic rings. The first-order valence-corrected chi connectivity index (χ1v) is 10.9. The van der Waals surface area contributed by atoms with E-state index in [1.54, 1.807) is 31.3 Å². The molecular formula is C27H26N4O3. The van der Waals surface area contributed by atoms with Crippen molar-refractivity contribution in [3.05, 3.63) is 112 Å². The first-order valence-electron chi connectivity index (χ1n) is 10.9. The van der Waals surface area contributed by atoms with Crippen LogP contribution in [0.1, 0.15) is 27.0 Å². The van der Waals surface area contributed by atoms with Gasteiger partial charge in [0.2, 0.25) is 0 Å². The van der Waals surface area contributed by atoms with E-state index in [4.69, 9.17) is 4.74 Å². The molecular weight excluding hydrogens is 428 g/mol. The van der Waals surface area contributed by atoms with Crippen LogP contribution in [0, 0.1) is 13.8 Å². The second kappa shape index (κ2) is 10.0. The predicted octanol–water partition coefficient (Wildman–Crippen LogP) is 4.86. The Hall–Kier alpha value is -4.39. The number of ether oxygens (including phenoxy) is 1. The van der Waals surface area contributed by atoms with Crippen LogP contribution < -0.4 is 20.9 Å². The minimum Gasteiger partial charge on any atom is -0.453 e. The van der Waals surface area contributed by atoms with Crippen molar-refractivity contribution in [2.45, 2.75) is 20.4 Å². The summed E-state index contributed by atoms with van der Waals surface area (Å²) in [6, 6.07) is 22.5. The Balaban J connectivity index is 1.51. The zero-order valence-corrected chi connectivity index (χ0v) is 19.3. The molecule has 0 fully saturated rings. The fourth-order valence-corrected chi connectivity index (χ4v) is 3.48. The Morgan fingerprint density at radius 1 is 0.971 bits per heavy atom. The molecule has 0 aliphatic carbocycles. The second-order valence-electron chi connectivity index (χ2n) is 8.05. The van der Waals surface area contributed by atoms with Gasteiger partial charge in [0.1, 0.15) is 5.75 Å². The molecule has 7 nitrogen and oxygen atoms in total. The van der Waals surface area contributed by atoms with Gasteiger partial charge in [-0.2, -0.15) is 5.10 Å². The van der Waals surface area contributed by atoms with Gasteiger partial charge in [-0.1, -0.05) is 48.0 Å². The Labute approximate surface area is 198 Å². The molecule has 2 N–H and O–H groups in total. The first-order chi connectivity index (χ1) is 16.4. The average molecular weight is 455 g/mol. The topological polar surface area (TPSA) is 85.2 Å². The first kappa shape index (κ1) is 22.8. The molecule has 0 unspecified atom stereocenters. The van der Waals surface area contributed by atoms with Gasteiger partial charge in [0, 0.05) is 24.8 Å². The molecule has 4 rings (SSSR count). The van der Waals surface area contributed by atoms with Crippen LogP contribution in [0.25, 0.3) is 0 Å². The van der Waals surface area contributed by atoms with Gasteiger partial charge >= 0.3 is 0 Å². The third-order valence-electron chi connectivity index (χ3n) is 5.37. The maximum absolute atomic E-state index is 12.8. The third-order valence-corrected chi connectivity index (χ3v) is 5.37. The number of carbonyl (C=O) groups is 1. The number of benzene rings is 3. The molecule has 0 saturated heterocycles. The van der Waals surface area contributed by atoms with Crippen LogP contribution in [0.5, 0.6) is 11.5 Å². The molecule has 0 radical (unpaired) electrons. The van der Waals surface area contributed by atoms with Gasteiger partial charge in [-0.15, -0.1) is 0 Å². The van der Waals surface area contributed by atoms with Crippen LogP contribution in [0.15, 0.2) is 83.8 Å². The molecule has 34 heavy (non-hydrogen) atoms. The van der Waals surface area contributed by atoms with Crippen molar-refractivity contribution in [2.75, 3.05) is 5.32 Å². The van der Waals surface area contributed by atoms with E-state index < -0.39 is 0 Å². The van der Waals surface area contributed by atoms with Gasteiger partial charge in [0.25, 0.3) is 11.5 Å². The maximum atomic E-state index is 12.8. The van der Waals surface area contributed by atoms with Crippen LogP contribution in [0.4, 0.5) is 11.4 Å². The van der Waals surface area contributed by atoms with Gasteiger partial charge < -0.3 is 15.4 Å². The molecule has 172 valence electrons. The van der Waals surface area contributed by atoms with E-state index in [2.05, 4.69) is 15.7 Å². The highest BCUT2D eigenvalue weighted by Gasteiger charge is 2.14. The standard InChI is InChI=1S/C27H26N4O3/c1-18-9-14-23(19(2)15-18)34-24-17-29-31(3)27(33)25(24)30-22-12-10-21(11-13-22)26(32)28-16-20-7-5-4-6-8-20/h4-15,17,30H,16H2,1-3H3,(H,28,32). The van der Waals surface area contributed by atoms with Gasteiger partial charge in [-0.05, 0) is 55.3 Å². The lowest BCUT2D eigenvalue weighted by Gasteiger charge is -2.15. The highest BCUT2D eigenvalue weighted by atomic mass is 16.5. The molecule has 1 heterocycles. The van der Waals surface area contributed by atoms with Crippen LogP contribution in [-0.4, -0.2) is 15.7 Å². The van der Waals surface area contributed by atoms with E-state index in [-0.39, 0.29) is 17.2 Å². The SMILES string of the molecule is Cc1ccc(Oc2cnn(C)c(=O)c2Nc2ccc(C(=O)NCc3ccccc3)cc2)c(C)c1. The molecule has 1 amide bonds. The number of amides is 1. The Morgan fingerprint density at radius 3 is 2.41 bits per heavy atom. The van der Waals surface area contributed by atoms with E-state index in [1.165, 1.54) is 10.9 Å². The van der Waals surface area contributed by atoms with Crippen molar-refractivity contribution in [3.8, 4) is 11.5 Å². The van der Waals surface area contributed by atoms with Gasteiger partial charge in [0.05, 0.1) is 6.20 Å². The number of carbonyl (C=O) groups excluding carboxylic acids is 1. The molecule has 0 saturated carbocycles. The lowest BCUT2D eigenvalue weighted by Crippen LogP contribution is -2.23. The fourth-order valence-electron chi connectivity index (χ4n) is 3.48. The molecule has 0 spiro atoms. The number of aryl methyl sites for hydroxylation is 3. The van der Waals surface area contributed by atoms with Crippen molar-refractivity contribution in [1.82, 2.24) is 15.1 Å². The van der Waals surface area contributed by atoms with Crippen molar-refractivity contribution in [1.29, 1.82) is 0 Å². The number of anilines is 2. The van der Waals surface area contributed by atoms with Gasteiger partial charge in [0.15, 0.2) is 11.4 Å². The summed E-state index contributed by atoms with van der Waals surface area (Å²) in [4.78, 5) is 25.3. The summed E-state index contributed by atoms with van der Waals surface area (Å²) in [7, 11) is 1.58. The molecule has 3 aromatic carbocycles. The zero-order chi connectivity index (χ0) is 24.1. The quantitative estimate of drug-likeness (QED) is 0.416. The summed E-state index contributed by atoms with van der Waals surface area (Å²) >= 11 is 0. The number of hydrogen-bond acceptors (Lipinski definition) is 5. The predicted molar refractivity (Wildman–Crippen MR) is 133 cm³/mol. The summed E-state index contributed by atoms with van der Waals surface area (Å²) < 4.78 is 7.28. The maximum Gasteiger partial charge on any atom is 0.294 e. The van der Waals surface area contributed by atoms with E-state index >= 15 is 0 Å². The summed E-state index contributed by atoms with van der Waals surface area (Å²) in [6.45, 7) is 4.41. The van der Waals surface area contributed by atoms with Crippen molar-refractivity contribution >= 4 is 17.3 Å². The van der Waals surface area contributed by atoms with Crippen molar-refractivity contribution < 1.29 is 9.53 Å². The fraction of sp³-hybridized carbons (Fsp3) is 0.148. The zero-order valence-electron chi connectivity index (χ0n) is 19.3. The van der Waals surface area contributed by atoms with E-state index in [1.807, 2.05) is 62.4 Å².